The average molecular weight is 503 g/mol. The minimum absolute atomic E-state index is 0.214. The fraction of sp³-hybridized carbons (Fsp3) is 0.111. The lowest BCUT2D eigenvalue weighted by molar-refractivity contribution is 0.326. The van der Waals surface area contributed by atoms with E-state index in [9.17, 15) is 4.79 Å². The van der Waals surface area contributed by atoms with E-state index in [1.807, 2.05) is 77.8 Å². The van der Waals surface area contributed by atoms with Crippen molar-refractivity contribution in [1.82, 2.24) is 20.7 Å². The Balaban J connectivity index is 1.78. The van der Waals surface area contributed by atoms with Crippen molar-refractivity contribution in [2.45, 2.75) is 6.04 Å². The molecule has 0 bridgehead atoms. The minimum Gasteiger partial charge on any atom is -0.496 e. The second-order valence-corrected chi connectivity index (χ2v) is 8.89. The number of nitrogens with zero attached hydrogens (tertiary/aromatic N) is 1. The Hall–Kier alpha value is -3.81. The SMILES string of the molecule is CNC(=S)N1NC(c2c(-c3ccccc3)c3cc(Cl)ccc3[nH]c2=O)=C[C@H]1c1ccccc1OC. The summed E-state index contributed by atoms with van der Waals surface area (Å²) in [5.41, 5.74) is 7.63. The molecule has 4 aromatic rings. The van der Waals surface area contributed by atoms with Gasteiger partial charge in [-0.2, -0.15) is 0 Å². The van der Waals surface area contributed by atoms with Crippen LogP contribution in [0, 0.1) is 0 Å². The number of hydrogen-bond acceptors (Lipinski definition) is 4. The van der Waals surface area contributed by atoms with Crippen LogP contribution in [0.25, 0.3) is 27.7 Å². The lowest BCUT2D eigenvalue weighted by Gasteiger charge is -2.28. The van der Waals surface area contributed by atoms with Crippen molar-refractivity contribution >= 4 is 45.5 Å². The number of rotatable bonds is 4. The van der Waals surface area contributed by atoms with E-state index < -0.39 is 0 Å². The lowest BCUT2D eigenvalue weighted by Crippen LogP contribution is -2.44. The van der Waals surface area contributed by atoms with E-state index in [1.54, 1.807) is 20.2 Å². The summed E-state index contributed by atoms with van der Waals surface area (Å²) in [6.07, 6.45) is 1.99. The summed E-state index contributed by atoms with van der Waals surface area (Å²) in [5.74, 6) is 0.725. The van der Waals surface area contributed by atoms with Gasteiger partial charge in [0.05, 0.1) is 18.4 Å². The van der Waals surface area contributed by atoms with Gasteiger partial charge in [-0.3, -0.25) is 15.2 Å². The van der Waals surface area contributed by atoms with E-state index in [4.69, 9.17) is 28.6 Å². The molecule has 1 aliphatic heterocycles. The molecule has 0 aliphatic carbocycles. The van der Waals surface area contributed by atoms with Gasteiger partial charge in [0.2, 0.25) is 0 Å². The van der Waals surface area contributed by atoms with Gasteiger partial charge in [-0.05, 0) is 48.1 Å². The highest BCUT2D eigenvalue weighted by atomic mass is 35.5. The van der Waals surface area contributed by atoms with Gasteiger partial charge in [0.25, 0.3) is 5.56 Å². The number of fused-ring (bicyclic) bond motifs is 1. The number of benzene rings is 3. The van der Waals surface area contributed by atoms with Crippen LogP contribution in [0.3, 0.4) is 0 Å². The van der Waals surface area contributed by atoms with Crippen molar-refractivity contribution in [1.29, 1.82) is 0 Å². The first-order valence-electron chi connectivity index (χ1n) is 11.1. The Morgan fingerprint density at radius 2 is 1.80 bits per heavy atom. The zero-order chi connectivity index (χ0) is 24.5. The molecule has 0 amide bonds. The number of hydrazine groups is 1. The summed E-state index contributed by atoms with van der Waals surface area (Å²) in [7, 11) is 3.40. The Labute approximate surface area is 213 Å². The van der Waals surface area contributed by atoms with Gasteiger partial charge in [0, 0.05) is 34.1 Å². The zero-order valence-corrected chi connectivity index (χ0v) is 20.7. The predicted molar refractivity (Wildman–Crippen MR) is 145 cm³/mol. The number of halogens is 1. The highest BCUT2D eigenvalue weighted by Crippen LogP contribution is 2.39. The molecule has 0 saturated heterocycles. The molecule has 8 heteroatoms. The Morgan fingerprint density at radius 1 is 1.06 bits per heavy atom. The number of aromatic amines is 1. The topological polar surface area (TPSA) is 69.4 Å². The van der Waals surface area contributed by atoms with Gasteiger partial charge < -0.3 is 15.0 Å². The highest BCUT2D eigenvalue weighted by molar-refractivity contribution is 7.80. The van der Waals surface area contributed by atoms with E-state index in [0.29, 0.717) is 26.9 Å². The molecule has 1 aromatic heterocycles. The number of nitrogens with one attached hydrogen (secondary N) is 3. The predicted octanol–water partition coefficient (Wildman–Crippen LogP) is 5.26. The van der Waals surface area contributed by atoms with Gasteiger partial charge in [0.15, 0.2) is 5.11 Å². The molecule has 1 atom stereocenters. The maximum absolute atomic E-state index is 13.6. The third kappa shape index (κ3) is 4.13. The second-order valence-electron chi connectivity index (χ2n) is 8.06. The third-order valence-corrected chi connectivity index (χ3v) is 6.68. The second kappa shape index (κ2) is 9.44. The van der Waals surface area contributed by atoms with Crippen molar-refractivity contribution in [3.8, 4) is 16.9 Å². The van der Waals surface area contributed by atoms with Crippen LogP contribution in [-0.4, -0.2) is 29.3 Å². The van der Waals surface area contributed by atoms with Crippen molar-refractivity contribution in [3.05, 3.63) is 105 Å². The number of para-hydroxylation sites is 1. The molecule has 3 aromatic carbocycles. The molecule has 5 rings (SSSR count). The summed E-state index contributed by atoms with van der Waals surface area (Å²) in [6, 6.07) is 22.7. The molecule has 0 radical (unpaired) electrons. The molecule has 2 heterocycles. The average Bonchev–Trinajstić information content (AvgIpc) is 3.33. The van der Waals surface area contributed by atoms with Gasteiger partial charge >= 0.3 is 0 Å². The fourth-order valence-corrected chi connectivity index (χ4v) is 4.80. The van der Waals surface area contributed by atoms with Crippen LogP contribution in [0.15, 0.2) is 83.7 Å². The first-order valence-corrected chi connectivity index (χ1v) is 11.8. The van der Waals surface area contributed by atoms with Crippen molar-refractivity contribution < 1.29 is 4.74 Å². The van der Waals surface area contributed by atoms with E-state index in [2.05, 4.69) is 15.7 Å². The largest absolute Gasteiger partial charge is 0.496 e. The number of thiocarbonyl (C=S) groups is 1. The van der Waals surface area contributed by atoms with E-state index >= 15 is 0 Å². The Morgan fingerprint density at radius 3 is 2.54 bits per heavy atom. The van der Waals surface area contributed by atoms with Gasteiger partial charge in [-0.25, -0.2) is 0 Å². The summed E-state index contributed by atoms with van der Waals surface area (Å²) >= 11 is 12.0. The maximum Gasteiger partial charge on any atom is 0.258 e. The van der Waals surface area contributed by atoms with Crippen LogP contribution >= 0.6 is 23.8 Å². The molecule has 6 nitrogen and oxygen atoms in total. The van der Waals surface area contributed by atoms with Crippen LogP contribution in [0.5, 0.6) is 5.75 Å². The van der Waals surface area contributed by atoms with Gasteiger partial charge in [0.1, 0.15) is 11.8 Å². The van der Waals surface area contributed by atoms with Crippen LogP contribution in [0.4, 0.5) is 0 Å². The number of methoxy groups -OCH3 is 1. The fourth-order valence-electron chi connectivity index (χ4n) is 4.47. The van der Waals surface area contributed by atoms with Crippen LogP contribution in [0.2, 0.25) is 5.02 Å². The van der Waals surface area contributed by atoms with E-state index in [1.165, 1.54) is 0 Å². The number of H-pyrrole nitrogens is 1. The molecule has 1 aliphatic rings. The number of ether oxygens (including phenoxy) is 1. The zero-order valence-electron chi connectivity index (χ0n) is 19.1. The summed E-state index contributed by atoms with van der Waals surface area (Å²) in [6.45, 7) is 0. The van der Waals surface area contributed by atoms with E-state index in [-0.39, 0.29) is 11.6 Å². The number of pyridine rings is 1. The third-order valence-electron chi connectivity index (χ3n) is 6.04. The molecule has 0 spiro atoms. The summed E-state index contributed by atoms with van der Waals surface area (Å²) in [4.78, 5) is 16.6. The Bertz CT molecular complexity index is 1520. The molecule has 3 N–H and O–H groups in total. The first kappa shape index (κ1) is 23.0. The van der Waals surface area contributed by atoms with Crippen LogP contribution in [-0.2, 0) is 0 Å². The Kier molecular flexibility index (Phi) is 6.19. The molecule has 35 heavy (non-hydrogen) atoms. The number of aromatic nitrogens is 1. The number of hydrogen-bond donors (Lipinski definition) is 3. The first-order chi connectivity index (χ1) is 17.0. The normalized spacial score (nSPS) is 15.0. The molecule has 0 saturated carbocycles. The van der Waals surface area contributed by atoms with Crippen molar-refractivity contribution in [3.63, 3.8) is 0 Å². The van der Waals surface area contributed by atoms with Crippen molar-refractivity contribution in [2.24, 2.45) is 0 Å². The molecular weight excluding hydrogens is 480 g/mol. The quantitative estimate of drug-likeness (QED) is 0.331. The summed E-state index contributed by atoms with van der Waals surface area (Å²) < 4.78 is 5.62. The molecule has 176 valence electrons. The summed E-state index contributed by atoms with van der Waals surface area (Å²) in [5, 5.41) is 6.77. The van der Waals surface area contributed by atoms with Crippen molar-refractivity contribution in [2.75, 3.05) is 14.2 Å². The van der Waals surface area contributed by atoms with E-state index in [0.717, 1.165) is 27.8 Å². The maximum atomic E-state index is 13.6. The minimum atomic E-state index is -0.306. The molecular formula is C27H23ClN4O2S. The van der Waals surface area contributed by atoms with Gasteiger partial charge in [-0.15, -0.1) is 0 Å². The monoisotopic (exact) mass is 502 g/mol. The lowest BCUT2D eigenvalue weighted by atomic mass is 9.94. The van der Waals surface area contributed by atoms with Gasteiger partial charge in [-0.1, -0.05) is 60.1 Å². The highest BCUT2D eigenvalue weighted by Gasteiger charge is 2.32. The molecule has 0 unspecified atom stereocenters. The van der Waals surface area contributed by atoms with Crippen LogP contribution < -0.4 is 21.0 Å². The smallest absolute Gasteiger partial charge is 0.258 e. The standard InChI is InChI=1S/C27H23ClN4O2S/c1-29-27(35)32-22(18-10-6-7-11-23(18)34-2)15-21(31-32)25-24(16-8-4-3-5-9-16)19-14-17(28)12-13-20(19)30-26(25)33/h3-15,22,31H,1-2H3,(H,29,35)(H,30,33)/t22-/m0/s1. The van der Waals surface area contributed by atoms with Crippen LogP contribution in [0.1, 0.15) is 17.2 Å². The molecule has 0 fully saturated rings.